The largest absolute Gasteiger partial charge is 0.441 e. The Balaban J connectivity index is 1.55. The number of carbonyl (C=O) groups is 1. The van der Waals surface area contributed by atoms with Gasteiger partial charge in [-0.25, -0.2) is 9.97 Å². The lowest BCUT2D eigenvalue weighted by Gasteiger charge is -2.02. The lowest BCUT2D eigenvalue weighted by Crippen LogP contribution is -2.12. The van der Waals surface area contributed by atoms with Crippen LogP contribution in [0.25, 0.3) is 21.7 Å². The molecule has 0 saturated carbocycles. The summed E-state index contributed by atoms with van der Waals surface area (Å²) in [6.45, 7) is 3.83. The maximum Gasteiger partial charge on any atom is 0.275 e. The number of thiazole rings is 1. The van der Waals surface area contributed by atoms with E-state index in [1.165, 1.54) is 16.9 Å². The van der Waals surface area contributed by atoms with Gasteiger partial charge in [0.15, 0.2) is 11.5 Å². The number of amides is 1. The van der Waals surface area contributed by atoms with Crippen LogP contribution in [0.4, 0.5) is 5.69 Å². The third-order valence-corrected chi connectivity index (χ3v) is 4.68. The molecular formula is C19H15N3O2S. The number of nitrogens with zero attached hydrogens (tertiary/aromatic N) is 2. The lowest BCUT2D eigenvalue weighted by atomic mass is 10.2. The molecule has 1 N–H and O–H groups in total. The molecule has 0 radical (unpaired) electrons. The van der Waals surface area contributed by atoms with Crippen molar-refractivity contribution >= 4 is 34.0 Å². The van der Waals surface area contributed by atoms with Crippen LogP contribution in [0.1, 0.15) is 21.9 Å². The van der Waals surface area contributed by atoms with Gasteiger partial charge in [-0.2, -0.15) is 0 Å². The average molecular weight is 349 g/mol. The fraction of sp³-hybridized carbons (Fsp3) is 0.105. The Morgan fingerprint density at radius 3 is 2.68 bits per heavy atom. The molecule has 2 aromatic heterocycles. The zero-order chi connectivity index (χ0) is 17.4. The van der Waals surface area contributed by atoms with Gasteiger partial charge in [-0.3, -0.25) is 4.79 Å². The quantitative estimate of drug-likeness (QED) is 0.576. The highest BCUT2D eigenvalue weighted by molar-refractivity contribution is 7.13. The number of oxazole rings is 1. The summed E-state index contributed by atoms with van der Waals surface area (Å²) in [5, 5.41) is 5.45. The van der Waals surface area contributed by atoms with Gasteiger partial charge in [0.05, 0.1) is 0 Å². The molecule has 4 aromatic rings. The van der Waals surface area contributed by atoms with E-state index in [0.717, 1.165) is 10.6 Å². The zero-order valence-electron chi connectivity index (χ0n) is 13.7. The third-order valence-electron chi connectivity index (χ3n) is 3.79. The summed E-state index contributed by atoms with van der Waals surface area (Å²) in [5.41, 5.74) is 4.68. The standard InChI is InChI=1S/C19H15N3O2S/c1-11-3-5-13(6-4-11)19-22-16(10-25-19)18(23)21-14-7-8-17-15(9-14)20-12(2)24-17/h3-10H,1-2H3,(H,21,23). The van der Waals surface area contributed by atoms with Gasteiger partial charge in [0.2, 0.25) is 0 Å². The molecule has 5 nitrogen and oxygen atoms in total. The van der Waals surface area contributed by atoms with Gasteiger partial charge in [0.1, 0.15) is 16.2 Å². The molecule has 2 heterocycles. The van der Waals surface area contributed by atoms with E-state index < -0.39 is 0 Å². The molecule has 0 saturated heterocycles. The van der Waals surface area contributed by atoms with Crippen LogP contribution >= 0.6 is 11.3 Å². The van der Waals surface area contributed by atoms with Crippen LogP contribution in [0.5, 0.6) is 0 Å². The predicted octanol–water partition coefficient (Wildman–Crippen LogP) is 4.82. The average Bonchev–Trinajstić information content (AvgIpc) is 3.21. The number of fused-ring (bicyclic) bond motifs is 1. The second-order valence-corrected chi connectivity index (χ2v) is 6.63. The van der Waals surface area contributed by atoms with Crippen LogP contribution in [-0.4, -0.2) is 15.9 Å². The molecule has 25 heavy (non-hydrogen) atoms. The summed E-state index contributed by atoms with van der Waals surface area (Å²) in [4.78, 5) is 21.2. The third kappa shape index (κ3) is 3.16. The van der Waals surface area contributed by atoms with Crippen molar-refractivity contribution in [3.63, 3.8) is 0 Å². The molecule has 0 aliphatic heterocycles. The van der Waals surface area contributed by atoms with E-state index in [9.17, 15) is 4.79 Å². The minimum atomic E-state index is -0.242. The number of benzene rings is 2. The van der Waals surface area contributed by atoms with Crippen molar-refractivity contribution < 1.29 is 9.21 Å². The number of aryl methyl sites for hydroxylation is 2. The van der Waals surface area contributed by atoms with Crippen LogP contribution in [0.3, 0.4) is 0 Å². The van der Waals surface area contributed by atoms with E-state index in [4.69, 9.17) is 4.42 Å². The first-order chi connectivity index (χ1) is 12.1. The van der Waals surface area contributed by atoms with Crippen molar-refractivity contribution in [1.29, 1.82) is 0 Å². The van der Waals surface area contributed by atoms with Gasteiger partial charge in [-0.15, -0.1) is 11.3 Å². The summed E-state index contributed by atoms with van der Waals surface area (Å²) in [7, 11) is 0. The number of carbonyl (C=O) groups excluding carboxylic acids is 1. The highest BCUT2D eigenvalue weighted by Gasteiger charge is 2.13. The van der Waals surface area contributed by atoms with Crippen molar-refractivity contribution in [2.75, 3.05) is 5.32 Å². The number of aromatic nitrogens is 2. The van der Waals surface area contributed by atoms with Gasteiger partial charge in [0, 0.05) is 23.6 Å². The fourth-order valence-electron chi connectivity index (χ4n) is 2.52. The smallest absolute Gasteiger partial charge is 0.275 e. The fourth-order valence-corrected chi connectivity index (χ4v) is 3.33. The van der Waals surface area contributed by atoms with E-state index in [-0.39, 0.29) is 5.91 Å². The van der Waals surface area contributed by atoms with E-state index in [1.807, 2.05) is 31.2 Å². The van der Waals surface area contributed by atoms with E-state index in [1.54, 1.807) is 30.5 Å². The molecule has 0 unspecified atom stereocenters. The first-order valence-corrected chi connectivity index (χ1v) is 8.67. The highest BCUT2D eigenvalue weighted by Crippen LogP contribution is 2.25. The molecule has 0 bridgehead atoms. The molecule has 4 rings (SSSR count). The molecular weight excluding hydrogens is 334 g/mol. The molecule has 124 valence electrons. The molecule has 0 atom stereocenters. The van der Waals surface area contributed by atoms with Crippen LogP contribution in [0.2, 0.25) is 0 Å². The van der Waals surface area contributed by atoms with Gasteiger partial charge >= 0.3 is 0 Å². The Labute approximate surface area is 148 Å². The van der Waals surface area contributed by atoms with Gasteiger partial charge in [-0.1, -0.05) is 29.8 Å². The van der Waals surface area contributed by atoms with Crippen molar-refractivity contribution in [3.8, 4) is 10.6 Å². The Hall–Kier alpha value is -2.99. The van der Waals surface area contributed by atoms with Crippen LogP contribution in [-0.2, 0) is 0 Å². The maximum atomic E-state index is 12.4. The van der Waals surface area contributed by atoms with E-state index >= 15 is 0 Å². The Bertz CT molecular complexity index is 1060. The minimum absolute atomic E-state index is 0.242. The SMILES string of the molecule is Cc1ccc(-c2nc(C(=O)Nc3ccc4oc(C)nc4c3)cs2)cc1. The second-order valence-electron chi connectivity index (χ2n) is 5.77. The Kier molecular flexibility index (Phi) is 3.82. The van der Waals surface area contributed by atoms with Crippen LogP contribution in [0.15, 0.2) is 52.3 Å². The number of anilines is 1. The van der Waals surface area contributed by atoms with Crippen molar-refractivity contribution in [2.45, 2.75) is 13.8 Å². The van der Waals surface area contributed by atoms with Gasteiger partial charge in [-0.05, 0) is 25.1 Å². The topological polar surface area (TPSA) is 68.0 Å². The Morgan fingerprint density at radius 1 is 1.08 bits per heavy atom. The normalized spacial score (nSPS) is 11.0. The summed E-state index contributed by atoms with van der Waals surface area (Å²) in [6.07, 6.45) is 0. The molecule has 6 heteroatoms. The molecule has 1 amide bonds. The van der Waals surface area contributed by atoms with Crippen LogP contribution in [0, 0.1) is 13.8 Å². The predicted molar refractivity (Wildman–Crippen MR) is 99.0 cm³/mol. The summed E-state index contributed by atoms with van der Waals surface area (Å²) < 4.78 is 5.44. The monoisotopic (exact) mass is 349 g/mol. The zero-order valence-corrected chi connectivity index (χ0v) is 14.6. The second kappa shape index (κ2) is 6.14. The number of hydrogen-bond acceptors (Lipinski definition) is 5. The summed E-state index contributed by atoms with van der Waals surface area (Å²) in [6, 6.07) is 13.5. The van der Waals surface area contributed by atoms with E-state index in [0.29, 0.717) is 28.4 Å². The summed E-state index contributed by atoms with van der Waals surface area (Å²) >= 11 is 1.45. The highest BCUT2D eigenvalue weighted by atomic mass is 32.1. The number of rotatable bonds is 3. The van der Waals surface area contributed by atoms with Crippen molar-refractivity contribution in [1.82, 2.24) is 9.97 Å². The van der Waals surface area contributed by atoms with E-state index in [2.05, 4.69) is 15.3 Å². The first kappa shape index (κ1) is 15.5. The van der Waals surface area contributed by atoms with Gasteiger partial charge < -0.3 is 9.73 Å². The molecule has 0 aliphatic rings. The van der Waals surface area contributed by atoms with Crippen molar-refractivity contribution in [2.24, 2.45) is 0 Å². The molecule has 0 aliphatic carbocycles. The van der Waals surface area contributed by atoms with Crippen LogP contribution < -0.4 is 5.32 Å². The molecule has 2 aromatic carbocycles. The number of nitrogens with one attached hydrogen (secondary N) is 1. The van der Waals surface area contributed by atoms with Gasteiger partial charge in [0.25, 0.3) is 5.91 Å². The first-order valence-electron chi connectivity index (χ1n) is 7.79. The Morgan fingerprint density at radius 2 is 1.88 bits per heavy atom. The maximum absolute atomic E-state index is 12.4. The number of hydrogen-bond donors (Lipinski definition) is 1. The molecule has 0 spiro atoms. The lowest BCUT2D eigenvalue weighted by molar-refractivity contribution is 0.102. The minimum Gasteiger partial charge on any atom is -0.441 e. The molecule has 0 fully saturated rings. The van der Waals surface area contributed by atoms with Crippen molar-refractivity contribution in [3.05, 3.63) is 65.0 Å². The summed E-state index contributed by atoms with van der Waals surface area (Å²) in [5.74, 6) is 0.356.